The molecule has 0 spiro atoms. The molecular weight excluding hydrogens is 422 g/mol. The highest BCUT2D eigenvalue weighted by atomic mass is 35.5. The van der Waals surface area contributed by atoms with Crippen molar-refractivity contribution in [2.24, 2.45) is 0 Å². The molecule has 1 saturated heterocycles. The first kappa shape index (κ1) is 20.7. The van der Waals surface area contributed by atoms with Crippen molar-refractivity contribution < 1.29 is 0 Å². The number of nitrogens with zero attached hydrogens (tertiary/aromatic N) is 8. The summed E-state index contributed by atoms with van der Waals surface area (Å²) in [6.07, 6.45) is 2.30. The van der Waals surface area contributed by atoms with Crippen molar-refractivity contribution in [2.45, 2.75) is 30.2 Å². The summed E-state index contributed by atoms with van der Waals surface area (Å²) in [5.41, 5.74) is 6.82. The van der Waals surface area contributed by atoms with Crippen LogP contribution in [0.15, 0.2) is 29.4 Å². The Kier molecular flexibility index (Phi) is 5.96. The Hall–Kier alpha value is -2.59. The van der Waals surface area contributed by atoms with Gasteiger partial charge in [0.1, 0.15) is 5.82 Å². The van der Waals surface area contributed by atoms with Gasteiger partial charge in [0.05, 0.1) is 10.9 Å². The number of anilines is 3. The fraction of sp³-hybridized carbons (Fsp3) is 0.421. The van der Waals surface area contributed by atoms with Crippen molar-refractivity contribution >= 4 is 41.2 Å². The largest absolute Gasteiger partial charge is 0.368 e. The Balaban J connectivity index is 1.71. The van der Waals surface area contributed by atoms with Crippen LogP contribution in [0.25, 0.3) is 5.69 Å². The highest BCUT2D eigenvalue weighted by Gasteiger charge is 2.25. The van der Waals surface area contributed by atoms with Gasteiger partial charge in [0, 0.05) is 32.2 Å². The number of thioether (sulfide) groups is 1. The zero-order chi connectivity index (χ0) is 21.3. The number of halogens is 1. The van der Waals surface area contributed by atoms with E-state index < -0.39 is 0 Å². The molecule has 1 unspecified atom stereocenters. The number of rotatable bonds is 6. The van der Waals surface area contributed by atoms with E-state index in [-0.39, 0.29) is 11.2 Å². The van der Waals surface area contributed by atoms with Gasteiger partial charge in [-0.25, -0.2) is 0 Å². The third kappa shape index (κ3) is 4.29. The fourth-order valence-electron chi connectivity index (χ4n) is 3.29. The minimum atomic E-state index is -0.109. The minimum absolute atomic E-state index is 0.109. The molecule has 2 N–H and O–H groups in total. The quantitative estimate of drug-likeness (QED) is 0.573. The molecule has 0 amide bonds. The van der Waals surface area contributed by atoms with Crippen molar-refractivity contribution in [3.05, 3.63) is 35.1 Å². The summed E-state index contributed by atoms with van der Waals surface area (Å²) in [6, 6.07) is 7.72. The fourth-order valence-corrected chi connectivity index (χ4v) is 4.38. The molecule has 3 heterocycles. The molecule has 11 heteroatoms. The van der Waals surface area contributed by atoms with E-state index in [9.17, 15) is 0 Å². The second-order valence-corrected chi connectivity index (χ2v) is 9.04. The Bertz CT molecular complexity index is 1030. The molecule has 1 fully saturated rings. The molecule has 3 aromatic rings. The van der Waals surface area contributed by atoms with Crippen LogP contribution in [0.4, 0.5) is 17.8 Å². The lowest BCUT2D eigenvalue weighted by atomic mass is 10.3. The number of hydrogen-bond acceptors (Lipinski definition) is 9. The average molecular weight is 446 g/mol. The van der Waals surface area contributed by atoms with Gasteiger partial charge >= 0.3 is 0 Å². The van der Waals surface area contributed by atoms with Gasteiger partial charge in [-0.2, -0.15) is 15.0 Å². The van der Waals surface area contributed by atoms with Crippen LogP contribution in [-0.4, -0.2) is 56.9 Å². The molecule has 30 heavy (non-hydrogen) atoms. The predicted molar refractivity (Wildman–Crippen MR) is 121 cm³/mol. The van der Waals surface area contributed by atoms with Crippen molar-refractivity contribution in [1.29, 1.82) is 0 Å². The lowest BCUT2D eigenvalue weighted by Crippen LogP contribution is -2.22. The SMILES string of the molecule is CC(Sc1nnc(N2CCCC2)n1-c1cccc(Cl)c1)c1nc(N)nc(N(C)C)n1. The van der Waals surface area contributed by atoms with Crippen molar-refractivity contribution in [3.8, 4) is 5.69 Å². The predicted octanol–water partition coefficient (Wildman–Crippen LogP) is 3.21. The maximum atomic E-state index is 6.27. The van der Waals surface area contributed by atoms with E-state index in [1.165, 1.54) is 11.8 Å². The van der Waals surface area contributed by atoms with Crippen molar-refractivity contribution in [3.63, 3.8) is 0 Å². The van der Waals surface area contributed by atoms with Crippen LogP contribution >= 0.6 is 23.4 Å². The second-order valence-electron chi connectivity index (χ2n) is 7.30. The molecule has 4 rings (SSSR count). The minimum Gasteiger partial charge on any atom is -0.368 e. The molecule has 0 aliphatic carbocycles. The number of nitrogens with two attached hydrogens (primary N) is 1. The van der Waals surface area contributed by atoms with Crippen LogP contribution in [0, 0.1) is 0 Å². The lowest BCUT2D eigenvalue weighted by Gasteiger charge is -2.19. The number of benzene rings is 1. The number of hydrogen-bond donors (Lipinski definition) is 1. The first-order valence-corrected chi connectivity index (χ1v) is 11.0. The van der Waals surface area contributed by atoms with Gasteiger partial charge in [0.2, 0.25) is 17.8 Å². The summed E-state index contributed by atoms with van der Waals surface area (Å²) in [6.45, 7) is 3.95. The van der Waals surface area contributed by atoms with Gasteiger partial charge in [0.15, 0.2) is 5.16 Å². The highest BCUT2D eigenvalue weighted by molar-refractivity contribution is 7.99. The molecule has 1 aromatic carbocycles. The summed E-state index contributed by atoms with van der Waals surface area (Å²) in [7, 11) is 3.74. The van der Waals surface area contributed by atoms with Crippen LogP contribution in [0.2, 0.25) is 5.02 Å². The Morgan fingerprint density at radius 2 is 1.90 bits per heavy atom. The third-order valence-corrected chi connectivity index (χ3v) is 6.05. The molecule has 0 bridgehead atoms. The number of nitrogen functional groups attached to an aromatic ring is 1. The Morgan fingerprint density at radius 3 is 2.60 bits per heavy atom. The van der Waals surface area contributed by atoms with E-state index >= 15 is 0 Å². The molecule has 1 aliphatic heterocycles. The second kappa shape index (κ2) is 8.65. The molecule has 158 valence electrons. The van der Waals surface area contributed by atoms with Crippen LogP contribution in [0.3, 0.4) is 0 Å². The summed E-state index contributed by atoms with van der Waals surface area (Å²) < 4.78 is 2.05. The summed E-state index contributed by atoms with van der Waals surface area (Å²) in [4.78, 5) is 17.1. The molecule has 1 aliphatic rings. The molecule has 2 aromatic heterocycles. The van der Waals surface area contributed by atoms with E-state index in [0.29, 0.717) is 16.8 Å². The summed E-state index contributed by atoms with van der Waals surface area (Å²) >= 11 is 7.80. The molecule has 0 saturated carbocycles. The molecule has 9 nitrogen and oxygen atoms in total. The van der Waals surface area contributed by atoms with Crippen LogP contribution in [-0.2, 0) is 0 Å². The van der Waals surface area contributed by atoms with E-state index in [1.54, 1.807) is 4.90 Å². The van der Waals surface area contributed by atoms with Crippen molar-refractivity contribution in [1.82, 2.24) is 29.7 Å². The normalized spacial score (nSPS) is 14.9. The monoisotopic (exact) mass is 445 g/mol. The zero-order valence-corrected chi connectivity index (χ0v) is 18.7. The molecule has 0 radical (unpaired) electrons. The first-order chi connectivity index (χ1) is 14.4. The van der Waals surface area contributed by atoms with Gasteiger partial charge in [-0.05, 0) is 38.0 Å². The van der Waals surface area contributed by atoms with Gasteiger partial charge in [-0.3, -0.25) is 4.57 Å². The maximum Gasteiger partial charge on any atom is 0.232 e. The average Bonchev–Trinajstić information content (AvgIpc) is 3.37. The van der Waals surface area contributed by atoms with Crippen molar-refractivity contribution in [2.75, 3.05) is 42.7 Å². The Labute approximate surface area is 184 Å². The van der Waals surface area contributed by atoms with Gasteiger partial charge in [-0.15, -0.1) is 10.2 Å². The van der Waals surface area contributed by atoms with Crippen LogP contribution < -0.4 is 15.5 Å². The third-order valence-electron chi connectivity index (χ3n) is 4.78. The number of aromatic nitrogens is 6. The van der Waals surface area contributed by atoms with Gasteiger partial charge in [0.25, 0.3) is 0 Å². The summed E-state index contributed by atoms with van der Waals surface area (Å²) in [5.74, 6) is 2.15. The first-order valence-electron chi connectivity index (χ1n) is 9.74. The van der Waals surface area contributed by atoms with E-state index in [2.05, 4.69) is 34.6 Å². The van der Waals surface area contributed by atoms with Crippen LogP contribution in [0.1, 0.15) is 30.8 Å². The van der Waals surface area contributed by atoms with E-state index in [0.717, 1.165) is 42.7 Å². The molecule has 1 atom stereocenters. The molecular formula is C19H24ClN9S. The Morgan fingerprint density at radius 1 is 1.13 bits per heavy atom. The smallest absolute Gasteiger partial charge is 0.232 e. The van der Waals surface area contributed by atoms with Gasteiger partial charge in [-0.1, -0.05) is 29.4 Å². The van der Waals surface area contributed by atoms with E-state index in [1.807, 2.05) is 45.3 Å². The lowest BCUT2D eigenvalue weighted by molar-refractivity contribution is 0.828. The topological polar surface area (TPSA) is 102 Å². The maximum absolute atomic E-state index is 6.27. The van der Waals surface area contributed by atoms with Gasteiger partial charge < -0.3 is 15.5 Å². The summed E-state index contributed by atoms with van der Waals surface area (Å²) in [5, 5.41) is 10.3. The zero-order valence-electron chi connectivity index (χ0n) is 17.2. The van der Waals surface area contributed by atoms with Crippen LogP contribution in [0.5, 0.6) is 0 Å². The van der Waals surface area contributed by atoms with E-state index in [4.69, 9.17) is 17.3 Å². The standard InChI is InChI=1S/C19H24ClN9S/c1-12(15-22-16(21)24-17(23-15)27(2)3)30-19-26-25-18(28-9-4-5-10-28)29(19)14-8-6-7-13(20)11-14/h6-8,11-12H,4-5,9-10H2,1-3H3,(H2,21,22,23,24). The highest BCUT2D eigenvalue weighted by Crippen LogP contribution is 2.36.